The fourth-order valence-corrected chi connectivity index (χ4v) is 3.77. The van der Waals surface area contributed by atoms with Crippen molar-refractivity contribution in [3.05, 3.63) is 34.2 Å². The van der Waals surface area contributed by atoms with E-state index in [9.17, 15) is 18.0 Å². The van der Waals surface area contributed by atoms with E-state index >= 15 is 0 Å². The van der Waals surface area contributed by atoms with Crippen LogP contribution in [0.25, 0.3) is 11.0 Å². The highest BCUT2D eigenvalue weighted by Crippen LogP contribution is 2.31. The minimum absolute atomic E-state index is 0.243. The number of nitrogens with zero attached hydrogens (tertiary/aromatic N) is 1. The summed E-state index contributed by atoms with van der Waals surface area (Å²) in [5.41, 5.74) is -0.302. The third-order valence-corrected chi connectivity index (χ3v) is 4.89. The molecule has 0 bridgehead atoms. The predicted molar refractivity (Wildman–Crippen MR) is 73.0 cm³/mol. The first-order valence-electron chi connectivity index (χ1n) is 6.36. The molecule has 2 aromatic rings. The molecule has 2 heterocycles. The molecule has 0 amide bonds. The normalized spacial score (nSPS) is 19.9. The molecule has 1 aliphatic rings. The minimum atomic E-state index is -4.39. The van der Waals surface area contributed by atoms with Crippen LogP contribution in [0.15, 0.2) is 23.0 Å². The zero-order valence-corrected chi connectivity index (χ0v) is 11.4. The van der Waals surface area contributed by atoms with Crippen molar-refractivity contribution in [1.82, 2.24) is 9.55 Å². The number of H-pyrrole nitrogens is 1. The highest BCUT2D eigenvalue weighted by molar-refractivity contribution is 8.00. The van der Waals surface area contributed by atoms with Crippen molar-refractivity contribution >= 4 is 22.8 Å². The van der Waals surface area contributed by atoms with Gasteiger partial charge in [-0.15, -0.1) is 0 Å². The van der Waals surface area contributed by atoms with E-state index in [1.165, 1.54) is 6.07 Å². The Labute approximate surface area is 117 Å². The summed E-state index contributed by atoms with van der Waals surface area (Å²) in [7, 11) is 0. The van der Waals surface area contributed by atoms with E-state index in [0.29, 0.717) is 17.3 Å². The molecular weight excluding hydrogens is 289 g/mol. The molecule has 0 radical (unpaired) electrons. The number of hydrogen-bond donors (Lipinski definition) is 1. The van der Waals surface area contributed by atoms with Crippen LogP contribution in [-0.2, 0) is 12.7 Å². The van der Waals surface area contributed by atoms with E-state index in [4.69, 9.17) is 0 Å². The average molecular weight is 302 g/mol. The fraction of sp³-hybridized carbons (Fsp3) is 0.462. The Morgan fingerprint density at radius 1 is 1.40 bits per heavy atom. The number of halogens is 3. The number of aromatic amines is 1. The summed E-state index contributed by atoms with van der Waals surface area (Å²) in [6.07, 6.45) is -2.22. The van der Waals surface area contributed by atoms with E-state index in [0.717, 1.165) is 30.7 Å². The molecule has 108 valence electrons. The second-order valence-electron chi connectivity index (χ2n) is 4.91. The Morgan fingerprint density at radius 2 is 2.20 bits per heavy atom. The predicted octanol–water partition coefficient (Wildman–Crippen LogP) is 3.24. The van der Waals surface area contributed by atoms with Gasteiger partial charge in [0.15, 0.2) is 0 Å². The van der Waals surface area contributed by atoms with Crippen molar-refractivity contribution in [2.45, 2.75) is 30.8 Å². The topological polar surface area (TPSA) is 37.8 Å². The van der Waals surface area contributed by atoms with Gasteiger partial charge in [-0.25, -0.2) is 4.79 Å². The first kappa shape index (κ1) is 13.6. The molecule has 0 aliphatic carbocycles. The molecule has 1 fully saturated rings. The van der Waals surface area contributed by atoms with E-state index in [1.54, 1.807) is 4.57 Å². The number of benzene rings is 1. The van der Waals surface area contributed by atoms with Gasteiger partial charge in [0, 0.05) is 11.8 Å². The van der Waals surface area contributed by atoms with Crippen molar-refractivity contribution in [2.75, 3.05) is 5.75 Å². The molecular formula is C13H13F3N2OS. The first-order chi connectivity index (χ1) is 9.45. The Balaban J connectivity index is 2.01. The van der Waals surface area contributed by atoms with Crippen LogP contribution < -0.4 is 5.69 Å². The maximum atomic E-state index is 12.6. The second kappa shape index (κ2) is 4.87. The zero-order chi connectivity index (χ0) is 14.3. The highest BCUT2D eigenvalue weighted by Gasteiger charge is 2.31. The van der Waals surface area contributed by atoms with Crippen LogP contribution in [0.5, 0.6) is 0 Å². The van der Waals surface area contributed by atoms with Crippen molar-refractivity contribution in [1.29, 1.82) is 0 Å². The molecule has 1 N–H and O–H groups in total. The van der Waals surface area contributed by atoms with Gasteiger partial charge in [0.25, 0.3) is 0 Å². The van der Waals surface area contributed by atoms with Crippen LogP contribution in [0.3, 0.4) is 0 Å². The summed E-state index contributed by atoms with van der Waals surface area (Å²) in [6, 6.07) is 3.39. The fourth-order valence-electron chi connectivity index (χ4n) is 2.51. The molecule has 3 nitrogen and oxygen atoms in total. The van der Waals surface area contributed by atoms with Gasteiger partial charge in [-0.3, -0.25) is 4.57 Å². The molecule has 1 unspecified atom stereocenters. The lowest BCUT2D eigenvalue weighted by molar-refractivity contribution is -0.137. The number of hydrogen-bond acceptors (Lipinski definition) is 2. The number of aromatic nitrogens is 2. The molecule has 1 aromatic heterocycles. The van der Waals surface area contributed by atoms with Gasteiger partial charge in [0.1, 0.15) is 0 Å². The quantitative estimate of drug-likeness (QED) is 0.925. The lowest BCUT2D eigenvalue weighted by Gasteiger charge is -2.10. The molecule has 1 aromatic carbocycles. The second-order valence-corrected chi connectivity index (χ2v) is 6.31. The summed E-state index contributed by atoms with van der Waals surface area (Å²) >= 11 is 1.81. The molecule has 1 atom stereocenters. The Morgan fingerprint density at radius 3 is 2.85 bits per heavy atom. The van der Waals surface area contributed by atoms with Crippen molar-refractivity contribution in [3.8, 4) is 0 Å². The van der Waals surface area contributed by atoms with Gasteiger partial charge in [-0.05, 0) is 36.8 Å². The van der Waals surface area contributed by atoms with Gasteiger partial charge < -0.3 is 4.98 Å². The molecule has 3 rings (SSSR count). The molecule has 7 heteroatoms. The first-order valence-corrected chi connectivity index (χ1v) is 7.41. The van der Waals surface area contributed by atoms with Crippen LogP contribution in [0.1, 0.15) is 18.4 Å². The standard InChI is InChI=1S/C13H13F3N2OS/c14-13(15,16)8-3-4-11-10(6-8)17-12(19)18(11)7-9-2-1-5-20-9/h3-4,6,9H,1-2,5,7H2,(H,17,19). The van der Waals surface area contributed by atoms with E-state index in [2.05, 4.69) is 4.98 Å². The van der Waals surface area contributed by atoms with Gasteiger partial charge in [-0.1, -0.05) is 0 Å². The number of rotatable bonds is 2. The summed E-state index contributed by atoms with van der Waals surface area (Å²) < 4.78 is 39.5. The maximum Gasteiger partial charge on any atom is 0.416 e. The van der Waals surface area contributed by atoms with Crippen molar-refractivity contribution in [2.24, 2.45) is 0 Å². The number of nitrogens with one attached hydrogen (secondary N) is 1. The summed E-state index contributed by atoms with van der Waals surface area (Å²) in [6.45, 7) is 0.550. The average Bonchev–Trinajstić information content (AvgIpc) is 2.97. The smallest absolute Gasteiger partial charge is 0.306 e. The van der Waals surface area contributed by atoms with Gasteiger partial charge >= 0.3 is 11.9 Å². The Hall–Kier alpha value is -1.37. The Kier molecular flexibility index (Phi) is 3.32. The number of alkyl halides is 3. The third kappa shape index (κ3) is 2.46. The van der Waals surface area contributed by atoms with Gasteiger partial charge in [0.05, 0.1) is 16.6 Å². The van der Waals surface area contributed by atoms with Crippen LogP contribution in [0.2, 0.25) is 0 Å². The van der Waals surface area contributed by atoms with Gasteiger partial charge in [-0.2, -0.15) is 24.9 Å². The number of imidazole rings is 1. The molecule has 1 aliphatic heterocycles. The van der Waals surface area contributed by atoms with Gasteiger partial charge in [0.2, 0.25) is 0 Å². The van der Waals surface area contributed by atoms with Crippen LogP contribution in [0.4, 0.5) is 13.2 Å². The monoisotopic (exact) mass is 302 g/mol. The molecule has 0 saturated carbocycles. The maximum absolute atomic E-state index is 12.6. The molecule has 1 saturated heterocycles. The number of thioether (sulfide) groups is 1. The van der Waals surface area contributed by atoms with Crippen molar-refractivity contribution in [3.63, 3.8) is 0 Å². The summed E-state index contributed by atoms with van der Waals surface area (Å²) in [5.74, 6) is 1.08. The molecule has 0 spiro atoms. The van der Waals surface area contributed by atoms with Crippen LogP contribution in [0, 0.1) is 0 Å². The van der Waals surface area contributed by atoms with E-state index < -0.39 is 11.7 Å². The largest absolute Gasteiger partial charge is 0.416 e. The third-order valence-electron chi connectivity index (χ3n) is 3.51. The zero-order valence-electron chi connectivity index (χ0n) is 10.5. The lowest BCUT2D eigenvalue weighted by Crippen LogP contribution is -2.21. The van der Waals surface area contributed by atoms with Crippen LogP contribution in [-0.4, -0.2) is 20.6 Å². The SMILES string of the molecule is O=c1[nH]c2cc(C(F)(F)F)ccc2n1CC1CCCS1. The lowest BCUT2D eigenvalue weighted by atomic mass is 10.2. The Bertz CT molecular complexity index is 683. The van der Waals surface area contributed by atoms with Crippen LogP contribution >= 0.6 is 11.8 Å². The number of fused-ring (bicyclic) bond motifs is 1. The molecule has 20 heavy (non-hydrogen) atoms. The highest BCUT2D eigenvalue weighted by atomic mass is 32.2. The van der Waals surface area contributed by atoms with E-state index in [-0.39, 0.29) is 11.2 Å². The van der Waals surface area contributed by atoms with Crippen molar-refractivity contribution < 1.29 is 13.2 Å². The van der Waals surface area contributed by atoms with E-state index in [1.807, 2.05) is 11.8 Å². The summed E-state index contributed by atoms with van der Waals surface area (Å²) in [5, 5.41) is 0.369. The minimum Gasteiger partial charge on any atom is -0.306 e. The summed E-state index contributed by atoms with van der Waals surface area (Å²) in [4.78, 5) is 14.4.